The highest BCUT2D eigenvalue weighted by Gasteiger charge is 2.19. The molecule has 1 heterocycles. The van der Waals surface area contributed by atoms with Crippen molar-refractivity contribution in [2.24, 2.45) is 0 Å². The number of carbonyl (C=O) groups is 2. The van der Waals surface area contributed by atoms with Gasteiger partial charge in [-0.05, 0) is 35.7 Å². The molecular weight excluding hydrogens is 442 g/mol. The topological polar surface area (TPSA) is 82.5 Å². The fourth-order valence-electron chi connectivity index (χ4n) is 4.00. The van der Waals surface area contributed by atoms with Crippen LogP contribution in [0.5, 0.6) is 11.5 Å². The molecule has 0 unspecified atom stereocenters. The summed E-state index contributed by atoms with van der Waals surface area (Å²) in [7, 11) is 0. The van der Waals surface area contributed by atoms with Crippen molar-refractivity contribution in [1.29, 1.82) is 0 Å². The molecule has 0 spiro atoms. The van der Waals surface area contributed by atoms with E-state index in [-0.39, 0.29) is 25.0 Å². The quantitative estimate of drug-likeness (QED) is 0.346. The number of amides is 1. The lowest BCUT2D eigenvalue weighted by atomic mass is 10.1. The molecule has 5 rings (SSSR count). The Hall–Kier alpha value is -4.65. The smallest absolute Gasteiger partial charge is 0.270 e. The first-order valence-corrected chi connectivity index (χ1v) is 11.2. The molecule has 0 aliphatic heterocycles. The van der Waals surface area contributed by atoms with Crippen LogP contribution >= 0.6 is 0 Å². The second kappa shape index (κ2) is 9.69. The average Bonchev–Trinajstić information content (AvgIpc) is 3.25. The number of nitrogens with one attached hydrogen (secondary N) is 1. The summed E-state index contributed by atoms with van der Waals surface area (Å²) >= 11 is 0. The van der Waals surface area contributed by atoms with Crippen LogP contribution in [0.25, 0.3) is 21.8 Å². The first-order valence-electron chi connectivity index (χ1n) is 11.2. The van der Waals surface area contributed by atoms with Crippen molar-refractivity contribution in [2.75, 3.05) is 11.9 Å². The number of anilines is 1. The number of carbonyl (C=O) groups excluding carboxylic acids is 2. The molecule has 0 saturated heterocycles. The number of aromatic nitrogens is 2. The van der Waals surface area contributed by atoms with Gasteiger partial charge in [-0.15, -0.1) is 0 Å². The average molecular weight is 466 g/mol. The molecule has 0 aliphatic carbocycles. The van der Waals surface area contributed by atoms with Gasteiger partial charge in [-0.2, -0.15) is 0 Å². The number of hydrogen-bond acceptors (Lipinski definition) is 5. The molecule has 1 N–H and O–H groups in total. The Morgan fingerprint density at radius 2 is 1.54 bits per heavy atom. The first kappa shape index (κ1) is 22.2. The molecule has 0 bridgehead atoms. The minimum absolute atomic E-state index is 0.108. The number of hydrogen-bond donors (Lipinski definition) is 1. The molecule has 0 saturated carbocycles. The van der Waals surface area contributed by atoms with Gasteiger partial charge in [0.25, 0.3) is 5.91 Å². The molecule has 7 nitrogen and oxygen atoms in total. The minimum atomic E-state index is -0.298. The highest BCUT2D eigenvalue weighted by Crippen LogP contribution is 2.27. The molecular formula is C28H23N3O4. The lowest BCUT2D eigenvalue weighted by molar-refractivity contribution is -0.114. The third-order valence-electron chi connectivity index (χ3n) is 5.53. The van der Waals surface area contributed by atoms with Crippen molar-refractivity contribution in [3.63, 3.8) is 0 Å². The standard InChI is InChI=1S/C28H23N3O4/c1-19(32)29-23-13-5-7-15-26(23)35-18-28(33)31-24-14-6-4-12-22(24)30-27(31)17-34-25-16-8-10-20-9-2-3-11-21(20)25/h2-16H,17-18H2,1H3,(H,29,32). The van der Waals surface area contributed by atoms with Crippen LogP contribution in [0.3, 0.4) is 0 Å². The molecule has 0 radical (unpaired) electrons. The Bertz CT molecular complexity index is 1530. The Morgan fingerprint density at radius 3 is 2.43 bits per heavy atom. The van der Waals surface area contributed by atoms with Gasteiger partial charge in [-0.1, -0.05) is 60.7 Å². The summed E-state index contributed by atoms with van der Waals surface area (Å²) in [6, 6.07) is 28.2. The number of nitrogens with zero attached hydrogens (tertiary/aromatic N) is 2. The third-order valence-corrected chi connectivity index (χ3v) is 5.53. The summed E-state index contributed by atoms with van der Waals surface area (Å²) in [6.45, 7) is 1.29. The van der Waals surface area contributed by atoms with E-state index in [1.807, 2.05) is 66.7 Å². The molecule has 5 aromatic rings. The van der Waals surface area contributed by atoms with Crippen LogP contribution < -0.4 is 14.8 Å². The Labute approximate surface area is 201 Å². The van der Waals surface area contributed by atoms with Gasteiger partial charge in [0.1, 0.15) is 18.1 Å². The summed E-state index contributed by atoms with van der Waals surface area (Å²) in [5.74, 6) is 1.08. The van der Waals surface area contributed by atoms with Gasteiger partial charge in [0, 0.05) is 12.3 Å². The van der Waals surface area contributed by atoms with Gasteiger partial charge in [-0.25, -0.2) is 4.98 Å². The van der Waals surface area contributed by atoms with Gasteiger partial charge in [0.15, 0.2) is 12.4 Å². The lowest BCUT2D eigenvalue weighted by Gasteiger charge is -2.13. The van der Waals surface area contributed by atoms with Gasteiger partial charge in [0.05, 0.1) is 16.7 Å². The number of imidazole rings is 1. The number of rotatable bonds is 7. The molecule has 7 heteroatoms. The molecule has 174 valence electrons. The zero-order valence-electron chi connectivity index (χ0n) is 19.1. The van der Waals surface area contributed by atoms with E-state index < -0.39 is 0 Å². The molecule has 0 aliphatic rings. The fourth-order valence-corrected chi connectivity index (χ4v) is 4.00. The largest absolute Gasteiger partial charge is 0.485 e. The molecule has 1 aromatic heterocycles. The van der Waals surface area contributed by atoms with Crippen LogP contribution in [-0.2, 0) is 11.4 Å². The maximum atomic E-state index is 13.3. The summed E-state index contributed by atoms with van der Waals surface area (Å²) in [4.78, 5) is 29.5. The number of para-hydroxylation sites is 4. The van der Waals surface area contributed by atoms with Crippen molar-refractivity contribution >= 4 is 39.3 Å². The zero-order valence-corrected chi connectivity index (χ0v) is 19.1. The van der Waals surface area contributed by atoms with Crippen LogP contribution in [0, 0.1) is 0 Å². The maximum Gasteiger partial charge on any atom is 0.270 e. The van der Waals surface area contributed by atoms with Crippen molar-refractivity contribution in [1.82, 2.24) is 9.55 Å². The first-order chi connectivity index (χ1) is 17.1. The van der Waals surface area contributed by atoms with Crippen molar-refractivity contribution in [3.8, 4) is 11.5 Å². The Balaban J connectivity index is 1.41. The predicted octanol–water partition coefficient (Wildman–Crippen LogP) is 5.45. The van der Waals surface area contributed by atoms with E-state index in [1.54, 1.807) is 24.3 Å². The minimum Gasteiger partial charge on any atom is -0.485 e. The molecule has 35 heavy (non-hydrogen) atoms. The summed E-state index contributed by atoms with van der Waals surface area (Å²) < 4.78 is 13.5. The van der Waals surface area contributed by atoms with E-state index in [4.69, 9.17) is 9.47 Å². The zero-order chi connectivity index (χ0) is 24.2. The van der Waals surface area contributed by atoms with Crippen LogP contribution in [0.1, 0.15) is 17.5 Å². The normalized spacial score (nSPS) is 10.9. The van der Waals surface area contributed by atoms with Gasteiger partial charge in [-0.3, -0.25) is 14.2 Å². The van der Waals surface area contributed by atoms with Gasteiger partial charge in [0.2, 0.25) is 5.91 Å². The van der Waals surface area contributed by atoms with Crippen LogP contribution in [-0.4, -0.2) is 28.0 Å². The van der Waals surface area contributed by atoms with E-state index in [0.29, 0.717) is 28.3 Å². The summed E-state index contributed by atoms with van der Waals surface area (Å²) in [5, 5.41) is 4.77. The van der Waals surface area contributed by atoms with E-state index in [1.165, 1.54) is 11.5 Å². The van der Waals surface area contributed by atoms with E-state index in [0.717, 1.165) is 16.5 Å². The highest BCUT2D eigenvalue weighted by atomic mass is 16.5. The fraction of sp³-hybridized carbons (Fsp3) is 0.107. The third kappa shape index (κ3) is 4.70. The molecule has 1 amide bonds. The van der Waals surface area contributed by atoms with E-state index in [2.05, 4.69) is 10.3 Å². The highest BCUT2D eigenvalue weighted by molar-refractivity contribution is 5.93. The monoisotopic (exact) mass is 465 g/mol. The SMILES string of the molecule is CC(=O)Nc1ccccc1OCC(=O)n1c(COc2cccc3ccccc23)nc2ccccc21. The van der Waals surface area contributed by atoms with Crippen molar-refractivity contribution < 1.29 is 19.1 Å². The predicted molar refractivity (Wildman–Crippen MR) is 135 cm³/mol. The van der Waals surface area contributed by atoms with Gasteiger partial charge < -0.3 is 14.8 Å². The maximum absolute atomic E-state index is 13.3. The number of ether oxygens (including phenoxy) is 2. The molecule has 4 aromatic carbocycles. The van der Waals surface area contributed by atoms with Crippen LogP contribution in [0.15, 0.2) is 91.0 Å². The Kier molecular flexibility index (Phi) is 6.13. The van der Waals surface area contributed by atoms with Crippen molar-refractivity contribution in [3.05, 3.63) is 96.8 Å². The van der Waals surface area contributed by atoms with Crippen molar-refractivity contribution in [2.45, 2.75) is 13.5 Å². The second-order valence-corrected chi connectivity index (χ2v) is 7.98. The summed E-state index contributed by atoms with van der Waals surface area (Å²) in [5.41, 5.74) is 1.87. The number of benzene rings is 4. The van der Waals surface area contributed by atoms with E-state index in [9.17, 15) is 9.59 Å². The van der Waals surface area contributed by atoms with Crippen LogP contribution in [0.4, 0.5) is 5.69 Å². The van der Waals surface area contributed by atoms with Gasteiger partial charge >= 0.3 is 0 Å². The Morgan fingerprint density at radius 1 is 0.829 bits per heavy atom. The molecule has 0 fully saturated rings. The lowest BCUT2D eigenvalue weighted by Crippen LogP contribution is -2.22. The van der Waals surface area contributed by atoms with E-state index >= 15 is 0 Å². The molecule has 0 atom stereocenters. The summed E-state index contributed by atoms with van der Waals surface area (Å²) in [6.07, 6.45) is 0. The second-order valence-electron chi connectivity index (χ2n) is 7.98. The number of fused-ring (bicyclic) bond motifs is 2. The van der Waals surface area contributed by atoms with Crippen LogP contribution in [0.2, 0.25) is 0 Å².